The fourth-order valence-corrected chi connectivity index (χ4v) is 5.36. The summed E-state index contributed by atoms with van der Waals surface area (Å²) in [5.41, 5.74) is 1.25. The summed E-state index contributed by atoms with van der Waals surface area (Å²) in [7, 11) is -3.82. The molecule has 8 heteroatoms. The SMILES string of the molecule is Cc1noc(C=Cc2ccccc2)c1S(=O)(=O)N1CCCC(C(=O)NC2CC2)C1. The van der Waals surface area contributed by atoms with E-state index in [-0.39, 0.29) is 35.1 Å². The maximum absolute atomic E-state index is 13.4. The summed E-state index contributed by atoms with van der Waals surface area (Å²) in [6.07, 6.45) is 6.80. The largest absolute Gasteiger partial charge is 0.355 e. The highest BCUT2D eigenvalue weighted by Gasteiger charge is 2.37. The lowest BCUT2D eigenvalue weighted by Gasteiger charge is -2.31. The fraction of sp³-hybridized carbons (Fsp3) is 0.429. The van der Waals surface area contributed by atoms with Crippen molar-refractivity contribution in [2.24, 2.45) is 5.92 Å². The highest BCUT2D eigenvalue weighted by atomic mass is 32.2. The summed E-state index contributed by atoms with van der Waals surface area (Å²) in [5, 5.41) is 6.87. The number of piperidine rings is 1. The number of amides is 1. The zero-order chi connectivity index (χ0) is 20.4. The number of hydrogen-bond acceptors (Lipinski definition) is 5. The van der Waals surface area contributed by atoms with Crippen molar-refractivity contribution in [3.05, 3.63) is 47.3 Å². The van der Waals surface area contributed by atoms with Crippen molar-refractivity contribution in [2.45, 2.75) is 43.5 Å². The quantitative estimate of drug-likeness (QED) is 0.783. The van der Waals surface area contributed by atoms with E-state index in [1.165, 1.54) is 4.31 Å². The standard InChI is InChI=1S/C21H25N3O4S/c1-15-20(19(28-23-15)12-9-16-6-3-2-4-7-16)29(26,27)24-13-5-8-17(14-24)21(25)22-18-10-11-18/h2-4,6-7,9,12,17-18H,5,8,10-11,13-14H2,1H3,(H,22,25). The van der Waals surface area contributed by atoms with Crippen LogP contribution in [0.5, 0.6) is 0 Å². The molecule has 7 nitrogen and oxygen atoms in total. The number of sulfonamides is 1. The molecule has 0 bridgehead atoms. The molecule has 0 spiro atoms. The first-order chi connectivity index (χ1) is 13.9. The Morgan fingerprint density at radius 3 is 2.69 bits per heavy atom. The predicted molar refractivity (Wildman–Crippen MR) is 109 cm³/mol. The molecular formula is C21H25N3O4S. The molecule has 1 amide bonds. The third-order valence-corrected chi connectivity index (χ3v) is 7.36. The number of hydrogen-bond donors (Lipinski definition) is 1. The second kappa shape index (κ2) is 8.12. The van der Waals surface area contributed by atoms with E-state index < -0.39 is 10.0 Å². The van der Waals surface area contributed by atoms with Crippen molar-refractivity contribution in [1.82, 2.24) is 14.8 Å². The Bertz CT molecular complexity index is 1010. The average Bonchev–Trinajstić information content (AvgIpc) is 3.46. The highest BCUT2D eigenvalue weighted by Crippen LogP contribution is 2.30. The van der Waals surface area contributed by atoms with Crippen LogP contribution in [0.1, 0.15) is 42.7 Å². The van der Waals surface area contributed by atoms with E-state index >= 15 is 0 Å². The van der Waals surface area contributed by atoms with Gasteiger partial charge in [0.05, 0.1) is 5.92 Å². The summed E-state index contributed by atoms with van der Waals surface area (Å²) < 4.78 is 33.4. The number of nitrogens with one attached hydrogen (secondary N) is 1. The normalized spacial score (nSPS) is 20.8. The van der Waals surface area contributed by atoms with Gasteiger partial charge >= 0.3 is 0 Å². The molecule has 4 rings (SSSR count). The number of carbonyl (C=O) groups excluding carboxylic acids is 1. The van der Waals surface area contributed by atoms with E-state index in [0.29, 0.717) is 25.1 Å². The first kappa shape index (κ1) is 19.8. The van der Waals surface area contributed by atoms with Crippen LogP contribution >= 0.6 is 0 Å². The highest BCUT2D eigenvalue weighted by molar-refractivity contribution is 7.89. The van der Waals surface area contributed by atoms with E-state index in [1.54, 1.807) is 19.1 Å². The van der Waals surface area contributed by atoms with Crippen molar-refractivity contribution in [1.29, 1.82) is 0 Å². The van der Waals surface area contributed by atoms with Crippen LogP contribution < -0.4 is 5.32 Å². The fourth-order valence-electron chi connectivity index (χ4n) is 3.59. The summed E-state index contributed by atoms with van der Waals surface area (Å²) in [5.74, 6) is -0.155. The van der Waals surface area contributed by atoms with Crippen LogP contribution in [0.4, 0.5) is 0 Å². The summed E-state index contributed by atoms with van der Waals surface area (Å²) in [6, 6.07) is 9.83. The van der Waals surface area contributed by atoms with E-state index in [4.69, 9.17) is 4.52 Å². The zero-order valence-corrected chi connectivity index (χ0v) is 17.2. The van der Waals surface area contributed by atoms with Gasteiger partial charge in [-0.3, -0.25) is 4.79 Å². The predicted octanol–water partition coefficient (Wildman–Crippen LogP) is 2.83. The van der Waals surface area contributed by atoms with E-state index in [2.05, 4.69) is 10.5 Å². The molecule has 29 heavy (non-hydrogen) atoms. The molecule has 1 unspecified atom stereocenters. The minimum atomic E-state index is -3.82. The van der Waals surface area contributed by atoms with E-state index in [9.17, 15) is 13.2 Å². The third-order valence-electron chi connectivity index (χ3n) is 5.34. The Kier molecular flexibility index (Phi) is 5.56. The lowest BCUT2D eigenvalue weighted by molar-refractivity contribution is -0.126. The molecule has 2 heterocycles. The van der Waals surface area contributed by atoms with Gasteiger partial charge in [0.1, 0.15) is 5.69 Å². The Hall–Kier alpha value is -2.45. The summed E-state index contributed by atoms with van der Waals surface area (Å²) >= 11 is 0. The van der Waals surface area contributed by atoms with Crippen LogP contribution in [-0.2, 0) is 14.8 Å². The molecule has 2 fully saturated rings. The number of aromatic nitrogens is 1. The second-order valence-corrected chi connectivity index (χ2v) is 9.57. The second-order valence-electron chi connectivity index (χ2n) is 7.69. The molecule has 1 saturated carbocycles. The smallest absolute Gasteiger partial charge is 0.248 e. The van der Waals surface area contributed by atoms with Gasteiger partial charge in [-0.15, -0.1) is 0 Å². The van der Waals surface area contributed by atoms with Crippen molar-refractivity contribution in [2.75, 3.05) is 13.1 Å². The van der Waals surface area contributed by atoms with Crippen LogP contribution in [0.3, 0.4) is 0 Å². The van der Waals surface area contributed by atoms with Gasteiger partial charge in [0.2, 0.25) is 15.9 Å². The first-order valence-electron chi connectivity index (χ1n) is 9.95. The number of nitrogens with zero attached hydrogens (tertiary/aromatic N) is 2. The molecule has 1 N–H and O–H groups in total. The Morgan fingerprint density at radius 1 is 1.21 bits per heavy atom. The lowest BCUT2D eigenvalue weighted by Crippen LogP contribution is -2.46. The van der Waals surface area contributed by atoms with Gasteiger partial charge in [0.25, 0.3) is 0 Å². The van der Waals surface area contributed by atoms with Gasteiger partial charge in [-0.2, -0.15) is 4.31 Å². The maximum atomic E-state index is 13.4. The van der Waals surface area contributed by atoms with Gasteiger partial charge in [-0.05, 0) is 44.2 Å². The minimum Gasteiger partial charge on any atom is -0.355 e. The molecule has 1 aromatic heterocycles. The van der Waals surface area contributed by atoms with Crippen LogP contribution in [0.15, 0.2) is 39.8 Å². The summed E-state index contributed by atoms with van der Waals surface area (Å²) in [4.78, 5) is 12.5. The molecule has 1 aliphatic heterocycles. The van der Waals surface area contributed by atoms with E-state index in [0.717, 1.165) is 18.4 Å². The Morgan fingerprint density at radius 2 is 1.97 bits per heavy atom. The lowest BCUT2D eigenvalue weighted by atomic mass is 9.99. The third kappa shape index (κ3) is 4.43. The molecule has 154 valence electrons. The Balaban J connectivity index is 1.56. The molecule has 1 aliphatic carbocycles. The van der Waals surface area contributed by atoms with Crippen LogP contribution in [0, 0.1) is 12.8 Å². The van der Waals surface area contributed by atoms with E-state index in [1.807, 2.05) is 30.3 Å². The number of benzene rings is 1. The molecule has 1 saturated heterocycles. The van der Waals surface area contributed by atoms with Crippen molar-refractivity contribution in [3.8, 4) is 0 Å². The monoisotopic (exact) mass is 415 g/mol. The first-order valence-corrected chi connectivity index (χ1v) is 11.4. The van der Waals surface area contributed by atoms with Crippen LogP contribution in [0.25, 0.3) is 12.2 Å². The molecule has 1 atom stereocenters. The zero-order valence-electron chi connectivity index (χ0n) is 16.4. The topological polar surface area (TPSA) is 92.5 Å². The Labute approximate surface area is 170 Å². The maximum Gasteiger partial charge on any atom is 0.248 e. The van der Waals surface area contributed by atoms with Gasteiger partial charge < -0.3 is 9.84 Å². The number of rotatable bonds is 6. The van der Waals surface area contributed by atoms with Crippen LogP contribution in [0.2, 0.25) is 0 Å². The van der Waals surface area contributed by atoms with Gasteiger partial charge in [-0.25, -0.2) is 8.42 Å². The molecule has 0 radical (unpaired) electrons. The van der Waals surface area contributed by atoms with Gasteiger partial charge in [-0.1, -0.05) is 41.6 Å². The molecule has 2 aliphatic rings. The van der Waals surface area contributed by atoms with Gasteiger partial charge in [0.15, 0.2) is 10.7 Å². The van der Waals surface area contributed by atoms with Crippen LogP contribution in [-0.4, -0.2) is 42.9 Å². The average molecular weight is 416 g/mol. The molecular weight excluding hydrogens is 390 g/mol. The number of carbonyl (C=O) groups is 1. The minimum absolute atomic E-state index is 0.0429. The van der Waals surface area contributed by atoms with Crippen molar-refractivity contribution >= 4 is 28.1 Å². The van der Waals surface area contributed by atoms with Gasteiger partial charge in [0, 0.05) is 19.1 Å². The molecule has 1 aromatic carbocycles. The van der Waals surface area contributed by atoms with Crippen molar-refractivity contribution < 1.29 is 17.7 Å². The summed E-state index contributed by atoms with van der Waals surface area (Å²) in [6.45, 7) is 2.20. The number of aryl methyl sites for hydroxylation is 1. The van der Waals surface area contributed by atoms with Crippen molar-refractivity contribution in [3.63, 3.8) is 0 Å². The molecule has 2 aromatic rings.